The van der Waals surface area contributed by atoms with Crippen LogP contribution >= 0.6 is 0 Å². The van der Waals surface area contributed by atoms with Gasteiger partial charge in [-0.05, 0) is 6.07 Å². The Labute approximate surface area is 128 Å². The Balaban J connectivity index is 3.45. The third kappa shape index (κ3) is 4.23. The van der Waals surface area contributed by atoms with Crippen LogP contribution in [0.25, 0.3) is 0 Å². The van der Waals surface area contributed by atoms with Crippen molar-refractivity contribution < 1.29 is 28.9 Å². The molecule has 0 aliphatic rings. The number of anilines is 1. The molecule has 0 saturated carbocycles. The molecule has 0 heterocycles. The number of ether oxygens (including phenoxy) is 2. The molecule has 1 aromatic carbocycles. The van der Waals surface area contributed by atoms with Gasteiger partial charge in [-0.15, -0.1) is 0 Å². The Bertz CT molecular complexity index is 665. The summed E-state index contributed by atoms with van der Waals surface area (Å²) in [6, 6.07) is 3.12. The number of carbonyl (C=O) groups is 2. The lowest BCUT2D eigenvalue weighted by atomic mass is 10.2. The van der Waals surface area contributed by atoms with E-state index in [2.05, 4.69) is 14.8 Å². The number of nitro groups is 2. The largest absolute Gasteiger partial charge is 0.466 e. The molecule has 0 bridgehead atoms. The lowest BCUT2D eigenvalue weighted by Crippen LogP contribution is -2.17. The molecule has 0 saturated heterocycles. The predicted molar refractivity (Wildman–Crippen MR) is 75.5 cm³/mol. The van der Waals surface area contributed by atoms with Gasteiger partial charge in [0.25, 0.3) is 11.4 Å². The highest BCUT2D eigenvalue weighted by Crippen LogP contribution is 2.34. The Morgan fingerprint density at radius 1 is 1.09 bits per heavy atom. The highest BCUT2D eigenvalue weighted by Gasteiger charge is 2.27. The van der Waals surface area contributed by atoms with Crippen LogP contribution in [-0.2, 0) is 19.1 Å². The number of para-hydroxylation sites is 1. The molecule has 11 nitrogen and oxygen atoms in total. The van der Waals surface area contributed by atoms with Gasteiger partial charge in [-0.3, -0.25) is 20.2 Å². The number of hydrogen-bond donors (Lipinski definition) is 1. The van der Waals surface area contributed by atoms with E-state index in [9.17, 15) is 29.8 Å². The van der Waals surface area contributed by atoms with Crippen LogP contribution in [0.2, 0.25) is 0 Å². The Hall–Kier alpha value is -3.50. The van der Waals surface area contributed by atoms with Crippen LogP contribution in [0.1, 0.15) is 0 Å². The summed E-state index contributed by atoms with van der Waals surface area (Å²) in [6.45, 7) is 0. The van der Waals surface area contributed by atoms with Gasteiger partial charge < -0.3 is 14.8 Å². The number of benzene rings is 1. The van der Waals surface area contributed by atoms with Crippen LogP contribution < -0.4 is 5.32 Å². The summed E-state index contributed by atoms with van der Waals surface area (Å²) < 4.78 is 8.75. The van der Waals surface area contributed by atoms with Gasteiger partial charge in [-0.1, -0.05) is 0 Å². The summed E-state index contributed by atoms with van der Waals surface area (Å²) in [6.07, 6.45) is 0.659. The minimum Gasteiger partial charge on any atom is -0.466 e. The second-order valence-electron chi connectivity index (χ2n) is 3.88. The quantitative estimate of drug-likeness (QED) is 0.351. The summed E-state index contributed by atoms with van der Waals surface area (Å²) in [7, 11) is 2.05. The molecule has 0 aliphatic heterocycles. The molecule has 0 aromatic heterocycles. The average molecular weight is 325 g/mol. The van der Waals surface area contributed by atoms with Gasteiger partial charge in [0.2, 0.25) is 0 Å². The van der Waals surface area contributed by atoms with Gasteiger partial charge >= 0.3 is 11.9 Å². The molecule has 0 unspecified atom stereocenters. The summed E-state index contributed by atoms with van der Waals surface area (Å²) in [5.41, 5.74) is -2.43. The van der Waals surface area contributed by atoms with E-state index in [4.69, 9.17) is 0 Å². The first-order valence-corrected chi connectivity index (χ1v) is 5.88. The molecule has 1 N–H and O–H groups in total. The zero-order valence-electron chi connectivity index (χ0n) is 12.0. The van der Waals surface area contributed by atoms with Crippen LogP contribution in [0, 0.1) is 20.2 Å². The van der Waals surface area contributed by atoms with Gasteiger partial charge in [0.15, 0.2) is 5.69 Å². The third-order valence-corrected chi connectivity index (χ3v) is 2.54. The average Bonchev–Trinajstić information content (AvgIpc) is 2.52. The van der Waals surface area contributed by atoms with Crippen LogP contribution in [0.15, 0.2) is 30.0 Å². The highest BCUT2D eigenvalue weighted by atomic mass is 16.6. The van der Waals surface area contributed by atoms with E-state index < -0.39 is 44.5 Å². The number of esters is 2. The van der Waals surface area contributed by atoms with Gasteiger partial charge in [0, 0.05) is 12.1 Å². The summed E-state index contributed by atoms with van der Waals surface area (Å²) in [5, 5.41) is 24.2. The molecular formula is C12H11N3O8. The molecular weight excluding hydrogens is 314 g/mol. The highest BCUT2D eigenvalue weighted by molar-refractivity contribution is 6.00. The first-order valence-electron chi connectivity index (χ1n) is 5.88. The van der Waals surface area contributed by atoms with E-state index in [1.54, 1.807) is 0 Å². The van der Waals surface area contributed by atoms with Crippen molar-refractivity contribution in [1.82, 2.24) is 0 Å². The zero-order chi connectivity index (χ0) is 17.6. The van der Waals surface area contributed by atoms with Crippen molar-refractivity contribution in [2.75, 3.05) is 19.5 Å². The molecule has 122 valence electrons. The molecule has 0 atom stereocenters. The van der Waals surface area contributed by atoms with Crippen molar-refractivity contribution in [2.45, 2.75) is 0 Å². The monoisotopic (exact) mass is 325 g/mol. The van der Waals surface area contributed by atoms with Gasteiger partial charge in [-0.25, -0.2) is 9.59 Å². The van der Waals surface area contributed by atoms with Crippen molar-refractivity contribution in [1.29, 1.82) is 0 Å². The van der Waals surface area contributed by atoms with Crippen LogP contribution in [0.4, 0.5) is 17.1 Å². The second-order valence-corrected chi connectivity index (χ2v) is 3.88. The Kier molecular flexibility index (Phi) is 5.72. The minimum atomic E-state index is -1.07. The summed E-state index contributed by atoms with van der Waals surface area (Å²) in [4.78, 5) is 43.2. The molecule has 0 radical (unpaired) electrons. The standard InChI is InChI=1S/C12H11N3O8/c1-22-10(16)6-7(12(17)23-2)13-11-8(14(18)19)4-3-5-9(11)15(20)21/h3-6,13H,1-2H3/b7-6+. The molecule has 0 amide bonds. The number of methoxy groups -OCH3 is 2. The maximum atomic E-state index is 11.6. The van der Waals surface area contributed by atoms with Crippen molar-refractivity contribution in [2.24, 2.45) is 0 Å². The second kappa shape index (κ2) is 7.49. The van der Waals surface area contributed by atoms with Crippen LogP contribution in [0.3, 0.4) is 0 Å². The molecule has 11 heteroatoms. The molecule has 0 aliphatic carbocycles. The number of nitro benzene ring substituents is 2. The fourth-order valence-electron chi connectivity index (χ4n) is 1.53. The first-order chi connectivity index (χ1) is 10.8. The minimum absolute atomic E-state index is 0.559. The number of carbonyl (C=O) groups excluding carboxylic acids is 2. The zero-order valence-corrected chi connectivity index (χ0v) is 12.0. The van der Waals surface area contributed by atoms with Crippen molar-refractivity contribution in [3.8, 4) is 0 Å². The maximum Gasteiger partial charge on any atom is 0.354 e. The predicted octanol–water partition coefficient (Wildman–Crippen LogP) is 1.14. The van der Waals surface area contributed by atoms with Crippen LogP contribution in [-0.4, -0.2) is 36.0 Å². The number of nitrogens with one attached hydrogen (secondary N) is 1. The smallest absolute Gasteiger partial charge is 0.354 e. The fourth-order valence-corrected chi connectivity index (χ4v) is 1.53. The topological polar surface area (TPSA) is 151 Å². The van der Waals surface area contributed by atoms with Crippen molar-refractivity contribution >= 4 is 29.0 Å². The summed E-state index contributed by atoms with van der Waals surface area (Å²) >= 11 is 0. The normalized spacial score (nSPS) is 10.6. The van der Waals surface area contributed by atoms with E-state index in [1.807, 2.05) is 0 Å². The molecule has 0 fully saturated rings. The molecule has 1 rings (SSSR count). The molecule has 1 aromatic rings. The van der Waals surface area contributed by atoms with E-state index in [0.29, 0.717) is 6.08 Å². The van der Waals surface area contributed by atoms with E-state index >= 15 is 0 Å². The van der Waals surface area contributed by atoms with Gasteiger partial charge in [-0.2, -0.15) is 0 Å². The van der Waals surface area contributed by atoms with E-state index in [-0.39, 0.29) is 0 Å². The Morgan fingerprint density at radius 2 is 1.61 bits per heavy atom. The van der Waals surface area contributed by atoms with Gasteiger partial charge in [0.1, 0.15) is 5.70 Å². The van der Waals surface area contributed by atoms with Crippen molar-refractivity contribution in [3.63, 3.8) is 0 Å². The summed E-state index contributed by atoms with van der Waals surface area (Å²) in [5.74, 6) is -2.03. The van der Waals surface area contributed by atoms with E-state index in [1.165, 1.54) is 0 Å². The molecule has 0 spiro atoms. The van der Waals surface area contributed by atoms with Gasteiger partial charge in [0.05, 0.1) is 30.1 Å². The third-order valence-electron chi connectivity index (χ3n) is 2.54. The molecule has 23 heavy (non-hydrogen) atoms. The number of nitrogens with zero attached hydrogens (tertiary/aromatic N) is 2. The Morgan fingerprint density at radius 3 is 2.00 bits per heavy atom. The lowest BCUT2D eigenvalue weighted by Gasteiger charge is -2.09. The lowest BCUT2D eigenvalue weighted by molar-refractivity contribution is -0.392. The number of hydrogen-bond acceptors (Lipinski definition) is 9. The number of rotatable bonds is 6. The first kappa shape index (κ1) is 17.6. The van der Waals surface area contributed by atoms with E-state index in [0.717, 1.165) is 32.4 Å². The fraction of sp³-hybridized carbons (Fsp3) is 0.167. The van der Waals surface area contributed by atoms with Crippen LogP contribution in [0.5, 0.6) is 0 Å². The SMILES string of the molecule is COC(=O)/C=C(/Nc1c([N+](=O)[O-])cccc1[N+](=O)[O-])C(=O)OC. The maximum absolute atomic E-state index is 11.6. The van der Waals surface area contributed by atoms with Crippen molar-refractivity contribution in [3.05, 3.63) is 50.2 Å².